The minimum atomic E-state index is -0.0909. The van der Waals surface area contributed by atoms with Crippen molar-refractivity contribution in [1.29, 1.82) is 0 Å². The number of allylic oxidation sites excluding steroid dienone is 4. The number of fused-ring (bicyclic) bond motifs is 9. The largest absolute Gasteiger partial charge is 0.264 e. The monoisotopic (exact) mass is 809 g/mol. The maximum absolute atomic E-state index is 4.58. The first-order valence-corrected chi connectivity index (χ1v) is 22.7. The van der Waals surface area contributed by atoms with Crippen molar-refractivity contribution in [2.24, 2.45) is 5.92 Å². The molecule has 0 N–H and O–H groups in total. The highest BCUT2D eigenvalue weighted by Crippen LogP contribution is 2.55. The van der Waals surface area contributed by atoms with Gasteiger partial charge in [0.05, 0.1) is 0 Å². The maximum atomic E-state index is 4.58. The Balaban J connectivity index is 1.06. The number of pyridine rings is 1. The molecule has 1 aromatic heterocycles. The van der Waals surface area contributed by atoms with Crippen molar-refractivity contribution >= 4 is 0 Å². The highest BCUT2D eigenvalue weighted by atomic mass is 14.6. The zero-order valence-corrected chi connectivity index (χ0v) is 37.0. The molecule has 1 nitrogen and oxygen atoms in total. The fourth-order valence-electron chi connectivity index (χ4n) is 11.9. The lowest BCUT2D eigenvalue weighted by Crippen LogP contribution is -2.24. The molecular formula is C62H51N. The lowest BCUT2D eigenvalue weighted by Gasteiger charge is -2.29. The molecule has 0 saturated carbocycles. The molecule has 0 radical (unpaired) electrons. The average Bonchev–Trinajstić information content (AvgIpc) is 3.80. The highest BCUT2D eigenvalue weighted by molar-refractivity contribution is 5.90. The van der Waals surface area contributed by atoms with Crippen LogP contribution in [0.1, 0.15) is 80.8 Å². The summed E-state index contributed by atoms with van der Waals surface area (Å²) in [5.41, 5.74) is 25.7. The molecule has 0 bridgehead atoms. The molecule has 4 aliphatic rings. The van der Waals surface area contributed by atoms with Gasteiger partial charge in [0.25, 0.3) is 0 Å². The zero-order chi connectivity index (χ0) is 42.8. The van der Waals surface area contributed by atoms with Crippen LogP contribution in [0.25, 0.3) is 77.9 Å². The molecule has 63 heavy (non-hydrogen) atoms. The summed E-state index contributed by atoms with van der Waals surface area (Å²) in [5, 5.41) is 0. The molecule has 1 heterocycles. The van der Waals surface area contributed by atoms with Gasteiger partial charge in [0.2, 0.25) is 0 Å². The molecule has 12 rings (SSSR count). The third kappa shape index (κ3) is 5.72. The Hall–Kier alpha value is -6.83. The van der Waals surface area contributed by atoms with E-state index in [4.69, 9.17) is 0 Å². The van der Waals surface area contributed by atoms with Crippen LogP contribution in [0.5, 0.6) is 0 Å². The van der Waals surface area contributed by atoms with Crippen LogP contribution in [0.3, 0.4) is 0 Å². The summed E-state index contributed by atoms with van der Waals surface area (Å²) < 4.78 is 0. The van der Waals surface area contributed by atoms with Gasteiger partial charge in [-0.25, -0.2) is 0 Å². The van der Waals surface area contributed by atoms with Crippen molar-refractivity contribution in [2.45, 2.75) is 63.7 Å². The van der Waals surface area contributed by atoms with Crippen LogP contribution in [-0.4, -0.2) is 4.98 Å². The van der Waals surface area contributed by atoms with Gasteiger partial charge in [0.15, 0.2) is 0 Å². The first kappa shape index (κ1) is 37.9. The Morgan fingerprint density at radius 2 is 0.810 bits per heavy atom. The number of hydrogen-bond acceptors (Lipinski definition) is 1. The molecule has 0 amide bonds. The van der Waals surface area contributed by atoms with Gasteiger partial charge >= 0.3 is 0 Å². The molecule has 0 aliphatic heterocycles. The molecule has 1 heteroatoms. The molecule has 4 aliphatic carbocycles. The van der Waals surface area contributed by atoms with E-state index in [9.17, 15) is 0 Å². The summed E-state index contributed by atoms with van der Waals surface area (Å²) in [7, 11) is 0. The minimum absolute atomic E-state index is 0.0248. The number of aromatic nitrogens is 1. The summed E-state index contributed by atoms with van der Waals surface area (Å²) >= 11 is 0. The van der Waals surface area contributed by atoms with Crippen molar-refractivity contribution < 1.29 is 0 Å². The average molecular weight is 810 g/mol. The van der Waals surface area contributed by atoms with Gasteiger partial charge in [-0.1, -0.05) is 163 Å². The fraction of sp³-hybridized carbons (Fsp3) is 0.177. The number of rotatable bonds is 5. The van der Waals surface area contributed by atoms with E-state index in [2.05, 4.69) is 216 Å². The van der Waals surface area contributed by atoms with Gasteiger partial charge in [-0.05, 0) is 172 Å². The van der Waals surface area contributed by atoms with Crippen molar-refractivity contribution in [3.8, 4) is 77.9 Å². The molecule has 2 atom stereocenters. The molecule has 0 saturated heterocycles. The summed E-state index contributed by atoms with van der Waals surface area (Å²) in [6, 6.07) is 58.1. The first-order valence-electron chi connectivity index (χ1n) is 22.7. The molecule has 8 aromatic rings. The van der Waals surface area contributed by atoms with Crippen LogP contribution >= 0.6 is 0 Å². The van der Waals surface area contributed by atoms with Gasteiger partial charge in [-0.3, -0.25) is 4.98 Å². The Morgan fingerprint density at radius 3 is 1.33 bits per heavy atom. The van der Waals surface area contributed by atoms with Crippen molar-refractivity contribution in [3.63, 3.8) is 0 Å². The topological polar surface area (TPSA) is 12.9 Å². The van der Waals surface area contributed by atoms with Crippen LogP contribution in [0.4, 0.5) is 0 Å². The predicted octanol–water partition coefficient (Wildman–Crippen LogP) is 16.1. The van der Waals surface area contributed by atoms with Crippen LogP contribution < -0.4 is 0 Å². The molecule has 304 valence electrons. The number of benzene rings is 7. The minimum Gasteiger partial charge on any atom is -0.264 e. The van der Waals surface area contributed by atoms with Crippen molar-refractivity contribution in [3.05, 3.63) is 222 Å². The van der Waals surface area contributed by atoms with Gasteiger partial charge in [-0.2, -0.15) is 0 Å². The Kier molecular flexibility index (Phi) is 8.17. The second-order valence-electron chi connectivity index (χ2n) is 20.0. The third-order valence-electron chi connectivity index (χ3n) is 15.4. The van der Waals surface area contributed by atoms with Gasteiger partial charge in [0, 0.05) is 34.7 Å². The highest BCUT2D eigenvalue weighted by Gasteiger charge is 2.44. The van der Waals surface area contributed by atoms with E-state index in [0.29, 0.717) is 11.8 Å². The lowest BCUT2D eigenvalue weighted by molar-refractivity contribution is 0.394. The normalized spacial score (nSPS) is 18.6. The van der Waals surface area contributed by atoms with Crippen molar-refractivity contribution in [1.82, 2.24) is 4.98 Å². The third-order valence-corrected chi connectivity index (χ3v) is 15.4. The Labute approximate surface area is 372 Å². The smallest absolute Gasteiger partial charge is 0.0346 e. The van der Waals surface area contributed by atoms with E-state index in [1.165, 1.54) is 100 Å². The van der Waals surface area contributed by atoms with E-state index < -0.39 is 0 Å². The number of nitrogens with zero attached hydrogens (tertiary/aromatic N) is 1. The van der Waals surface area contributed by atoms with E-state index in [1.807, 2.05) is 18.5 Å². The SMILES string of the molecule is CC1(C)c2ccccc2-c2ccc(-c3cc(-c4cccnc4)cc(-c4cc(-c5ccc6c(c5)C(C)(C)c5ccccc5-6)cc(-c5ccc6c(c5)C(C)(C)C5C=CC=CC65)c4)c3)cc21. The quantitative estimate of drug-likeness (QED) is 0.169. The molecular weight excluding hydrogens is 759 g/mol. The molecule has 2 unspecified atom stereocenters. The Morgan fingerprint density at radius 1 is 0.365 bits per heavy atom. The first-order chi connectivity index (χ1) is 30.5. The molecule has 0 spiro atoms. The zero-order valence-electron chi connectivity index (χ0n) is 37.0. The lowest BCUT2D eigenvalue weighted by atomic mass is 9.74. The standard InChI is InChI=1S/C62H51N/c1-60(2)54-18-10-7-15-48(54)51-24-21-38(34-57(51)60)42-28-43(39-22-25-52-49-16-8-11-19-55(49)61(3,4)58(52)35-39)31-46(30-42)47-32-44(29-45(33-47)41-14-13-27-63-37-41)40-23-26-53-50-17-9-12-20-56(50)62(5,6)59(53)36-40/h7-37,48,54H,1-6H3. The molecule has 0 fully saturated rings. The van der Waals surface area contributed by atoms with Crippen LogP contribution in [0.2, 0.25) is 0 Å². The van der Waals surface area contributed by atoms with Gasteiger partial charge in [-0.15, -0.1) is 0 Å². The predicted molar refractivity (Wildman–Crippen MR) is 264 cm³/mol. The summed E-state index contributed by atoms with van der Waals surface area (Å²) in [4.78, 5) is 4.58. The summed E-state index contributed by atoms with van der Waals surface area (Å²) in [6.07, 6.45) is 13.1. The van der Waals surface area contributed by atoms with Crippen LogP contribution in [-0.2, 0) is 16.2 Å². The van der Waals surface area contributed by atoms with Crippen LogP contribution in [0, 0.1) is 5.92 Å². The molecule has 7 aromatic carbocycles. The van der Waals surface area contributed by atoms with E-state index in [-0.39, 0.29) is 16.2 Å². The number of hydrogen-bond donors (Lipinski definition) is 0. The van der Waals surface area contributed by atoms with E-state index in [1.54, 1.807) is 0 Å². The fourth-order valence-corrected chi connectivity index (χ4v) is 11.9. The van der Waals surface area contributed by atoms with Gasteiger partial charge in [0.1, 0.15) is 0 Å². The summed E-state index contributed by atoms with van der Waals surface area (Å²) in [6.45, 7) is 14.3. The second kappa shape index (κ2) is 13.6. The van der Waals surface area contributed by atoms with Crippen LogP contribution in [0.15, 0.2) is 188 Å². The van der Waals surface area contributed by atoms with E-state index >= 15 is 0 Å². The van der Waals surface area contributed by atoms with E-state index in [0.717, 1.165) is 11.1 Å². The second-order valence-corrected chi connectivity index (χ2v) is 20.0. The summed E-state index contributed by atoms with van der Waals surface area (Å²) in [5.74, 6) is 0.878. The van der Waals surface area contributed by atoms with Crippen molar-refractivity contribution in [2.75, 3.05) is 0 Å². The Bertz CT molecular complexity index is 3260. The maximum Gasteiger partial charge on any atom is 0.0346 e. The van der Waals surface area contributed by atoms with Gasteiger partial charge < -0.3 is 0 Å².